The van der Waals surface area contributed by atoms with Crippen molar-refractivity contribution in [3.63, 3.8) is 0 Å². The molecule has 0 unspecified atom stereocenters. The Morgan fingerprint density at radius 3 is 2.67 bits per heavy atom. The third kappa shape index (κ3) is 2.81. The lowest BCUT2D eigenvalue weighted by atomic mass is 10.2. The Kier molecular flexibility index (Phi) is 3.83. The Morgan fingerprint density at radius 2 is 2.10 bits per heavy atom. The van der Waals surface area contributed by atoms with E-state index in [9.17, 15) is 14.4 Å². The number of nitrogens with one attached hydrogen (secondary N) is 2. The van der Waals surface area contributed by atoms with Gasteiger partial charge in [0.1, 0.15) is 6.54 Å². The second kappa shape index (κ2) is 5.43. The molecule has 3 N–H and O–H groups in total. The average molecular weight is 295 g/mol. The van der Waals surface area contributed by atoms with Crippen molar-refractivity contribution in [2.45, 2.75) is 20.4 Å². The first kappa shape index (κ1) is 14.8. The van der Waals surface area contributed by atoms with Gasteiger partial charge in [0.15, 0.2) is 11.2 Å². The molecule has 0 aliphatic carbocycles. The van der Waals surface area contributed by atoms with E-state index in [2.05, 4.69) is 15.3 Å². The summed E-state index contributed by atoms with van der Waals surface area (Å²) in [5, 5.41) is 11.2. The number of H-pyrrole nitrogens is 1. The quantitative estimate of drug-likeness (QED) is 0.688. The Morgan fingerprint density at radius 1 is 1.43 bits per heavy atom. The lowest BCUT2D eigenvalue weighted by molar-refractivity contribution is -0.134. The lowest BCUT2D eigenvalue weighted by Crippen LogP contribution is -2.38. The number of aromatic amines is 1. The molecule has 2 aromatic rings. The first-order valence-corrected chi connectivity index (χ1v) is 6.46. The zero-order valence-electron chi connectivity index (χ0n) is 12.0. The number of imidazole rings is 1. The Bertz CT molecular complexity index is 798. The number of carboxylic acids is 1. The normalized spacial score (nSPS) is 11.2. The number of anilines is 1. The molecule has 0 saturated heterocycles. The molecule has 114 valence electrons. The van der Waals surface area contributed by atoms with E-state index < -0.39 is 17.2 Å². The van der Waals surface area contributed by atoms with E-state index in [0.29, 0.717) is 6.54 Å². The zero-order chi connectivity index (χ0) is 15.7. The molecule has 0 fully saturated rings. The van der Waals surface area contributed by atoms with E-state index in [0.717, 1.165) is 4.57 Å². The number of hydrogen-bond acceptors (Lipinski definition) is 5. The standard InChI is InChI=1S/C12H17N5O4/c1-6(2)5-17-9-8(10(20)16(3)12(17)21)14-11(15-9)13-4-7(18)19/h6H,4-5H2,1-3H3,(H,18,19)(H2,13,14,15). The first-order valence-electron chi connectivity index (χ1n) is 6.46. The van der Waals surface area contributed by atoms with Crippen molar-refractivity contribution < 1.29 is 9.90 Å². The van der Waals surface area contributed by atoms with E-state index >= 15 is 0 Å². The highest BCUT2D eigenvalue weighted by atomic mass is 16.4. The lowest BCUT2D eigenvalue weighted by Gasteiger charge is -2.10. The number of rotatable bonds is 5. The molecule has 9 heteroatoms. The summed E-state index contributed by atoms with van der Waals surface area (Å²) in [7, 11) is 1.39. The first-order chi connectivity index (χ1) is 9.81. The third-order valence-electron chi connectivity index (χ3n) is 2.93. The molecule has 21 heavy (non-hydrogen) atoms. The smallest absolute Gasteiger partial charge is 0.332 e. The highest BCUT2D eigenvalue weighted by Crippen LogP contribution is 2.10. The number of hydrogen-bond donors (Lipinski definition) is 3. The van der Waals surface area contributed by atoms with Crippen molar-refractivity contribution in [3.8, 4) is 0 Å². The largest absolute Gasteiger partial charge is 0.480 e. The van der Waals surface area contributed by atoms with Gasteiger partial charge >= 0.3 is 11.7 Å². The van der Waals surface area contributed by atoms with Gasteiger partial charge in [0.2, 0.25) is 5.95 Å². The molecule has 0 bridgehead atoms. The number of carboxylic acid groups (broad SMARTS) is 1. The molecule has 9 nitrogen and oxygen atoms in total. The summed E-state index contributed by atoms with van der Waals surface area (Å²) in [6, 6.07) is 0. The van der Waals surface area contributed by atoms with Gasteiger partial charge in [0.25, 0.3) is 5.56 Å². The molecule has 0 saturated carbocycles. The number of carbonyl (C=O) groups is 1. The summed E-state index contributed by atoms with van der Waals surface area (Å²) in [4.78, 5) is 41.6. The highest BCUT2D eigenvalue weighted by molar-refractivity contribution is 5.75. The van der Waals surface area contributed by atoms with E-state index in [4.69, 9.17) is 5.11 Å². The molecule has 0 aromatic carbocycles. The van der Waals surface area contributed by atoms with Gasteiger partial charge in [0.05, 0.1) is 0 Å². The second-order valence-corrected chi connectivity index (χ2v) is 5.18. The maximum absolute atomic E-state index is 12.2. The summed E-state index contributed by atoms with van der Waals surface area (Å²) in [5.74, 6) is -0.717. The summed E-state index contributed by atoms with van der Waals surface area (Å²) in [5.41, 5.74) is -0.543. The van der Waals surface area contributed by atoms with Crippen LogP contribution in [0.25, 0.3) is 11.2 Å². The highest BCUT2D eigenvalue weighted by Gasteiger charge is 2.16. The SMILES string of the molecule is CC(C)Cn1c(=O)n(C)c(=O)c2[nH]c(NCC(=O)O)nc21. The molecular weight excluding hydrogens is 278 g/mol. The van der Waals surface area contributed by atoms with Crippen molar-refractivity contribution in [3.05, 3.63) is 20.8 Å². The summed E-state index contributed by atoms with van der Waals surface area (Å²) >= 11 is 0. The van der Waals surface area contributed by atoms with Crippen LogP contribution in [0, 0.1) is 5.92 Å². The van der Waals surface area contributed by atoms with Crippen LogP contribution in [0.3, 0.4) is 0 Å². The maximum atomic E-state index is 12.2. The van der Waals surface area contributed by atoms with Crippen molar-refractivity contribution in [1.29, 1.82) is 0 Å². The number of aliphatic carboxylic acids is 1. The zero-order valence-corrected chi connectivity index (χ0v) is 12.0. The van der Waals surface area contributed by atoms with Crippen molar-refractivity contribution in [2.24, 2.45) is 13.0 Å². The molecule has 0 spiro atoms. The Balaban J connectivity index is 2.62. The number of fused-ring (bicyclic) bond motifs is 1. The average Bonchev–Trinajstić information content (AvgIpc) is 2.83. The van der Waals surface area contributed by atoms with Gasteiger partial charge in [-0.3, -0.25) is 18.7 Å². The van der Waals surface area contributed by atoms with Crippen LogP contribution < -0.4 is 16.6 Å². The minimum absolute atomic E-state index is 0.146. The monoisotopic (exact) mass is 295 g/mol. The fourth-order valence-corrected chi connectivity index (χ4v) is 2.01. The molecule has 0 aliphatic heterocycles. The fraction of sp³-hybridized carbons (Fsp3) is 0.500. The minimum Gasteiger partial charge on any atom is -0.480 e. The van der Waals surface area contributed by atoms with E-state index in [1.54, 1.807) is 0 Å². The second-order valence-electron chi connectivity index (χ2n) is 5.18. The van der Waals surface area contributed by atoms with Gasteiger partial charge in [-0.05, 0) is 5.92 Å². The van der Waals surface area contributed by atoms with Gasteiger partial charge < -0.3 is 15.4 Å². The predicted molar refractivity (Wildman–Crippen MR) is 76.6 cm³/mol. The molecule has 2 heterocycles. The molecule has 0 amide bonds. The van der Waals surface area contributed by atoms with Crippen LogP contribution in [0.2, 0.25) is 0 Å². The summed E-state index contributed by atoms with van der Waals surface area (Å²) in [6.45, 7) is 3.96. The van der Waals surface area contributed by atoms with Gasteiger partial charge in [0, 0.05) is 13.6 Å². The van der Waals surface area contributed by atoms with Crippen LogP contribution >= 0.6 is 0 Å². The van der Waals surface area contributed by atoms with Crippen LogP contribution in [-0.4, -0.2) is 36.7 Å². The van der Waals surface area contributed by atoms with Crippen LogP contribution in [0.5, 0.6) is 0 Å². The van der Waals surface area contributed by atoms with Crippen LogP contribution in [0.1, 0.15) is 13.8 Å². The summed E-state index contributed by atoms with van der Waals surface area (Å²) < 4.78 is 2.41. The van der Waals surface area contributed by atoms with Gasteiger partial charge in [-0.1, -0.05) is 13.8 Å². The molecule has 2 aromatic heterocycles. The number of nitrogens with zero attached hydrogens (tertiary/aromatic N) is 3. The molecule has 2 rings (SSSR count). The molecular formula is C12H17N5O4. The van der Waals surface area contributed by atoms with Crippen molar-refractivity contribution in [1.82, 2.24) is 19.1 Å². The van der Waals surface area contributed by atoms with Crippen LogP contribution in [0.4, 0.5) is 5.95 Å². The maximum Gasteiger partial charge on any atom is 0.332 e. The molecule has 0 atom stereocenters. The van der Waals surface area contributed by atoms with Gasteiger partial charge in [-0.2, -0.15) is 4.98 Å². The Hall–Kier alpha value is -2.58. The van der Waals surface area contributed by atoms with Crippen LogP contribution in [-0.2, 0) is 18.4 Å². The van der Waals surface area contributed by atoms with Crippen molar-refractivity contribution >= 4 is 23.1 Å². The topological polar surface area (TPSA) is 122 Å². The van der Waals surface area contributed by atoms with E-state index in [1.165, 1.54) is 11.6 Å². The van der Waals surface area contributed by atoms with Gasteiger partial charge in [-0.15, -0.1) is 0 Å². The van der Waals surface area contributed by atoms with E-state index in [-0.39, 0.29) is 29.6 Å². The fourth-order valence-electron chi connectivity index (χ4n) is 2.01. The predicted octanol–water partition coefficient (Wildman–Crippen LogP) is -0.424. The molecule has 0 aliphatic rings. The number of aromatic nitrogens is 4. The van der Waals surface area contributed by atoms with Crippen molar-refractivity contribution in [2.75, 3.05) is 11.9 Å². The molecule has 0 radical (unpaired) electrons. The summed E-state index contributed by atoms with van der Waals surface area (Å²) in [6.07, 6.45) is 0. The Labute approximate surface area is 119 Å². The minimum atomic E-state index is -1.05. The van der Waals surface area contributed by atoms with Crippen LogP contribution in [0.15, 0.2) is 9.59 Å². The van der Waals surface area contributed by atoms with E-state index in [1.807, 2.05) is 13.8 Å². The van der Waals surface area contributed by atoms with Gasteiger partial charge in [-0.25, -0.2) is 4.79 Å². The third-order valence-corrected chi connectivity index (χ3v) is 2.93.